The van der Waals surface area contributed by atoms with E-state index >= 15 is 0 Å². The number of methoxy groups -OCH3 is 1. The largest absolute Gasteiger partial charge is 0.496 e. The quantitative estimate of drug-likeness (QED) is 0.624. The van der Waals surface area contributed by atoms with Crippen LogP contribution >= 0.6 is 11.3 Å². The number of aryl methyl sites for hydroxylation is 1. The van der Waals surface area contributed by atoms with E-state index in [0.29, 0.717) is 4.88 Å². The van der Waals surface area contributed by atoms with Gasteiger partial charge in [-0.2, -0.15) is 0 Å². The molecule has 2 rings (SSSR count). The van der Waals surface area contributed by atoms with E-state index in [9.17, 15) is 4.79 Å². The lowest BCUT2D eigenvalue weighted by Gasteiger charge is -2.02. The fourth-order valence-electron chi connectivity index (χ4n) is 1.58. The maximum absolute atomic E-state index is 11.9. The van der Waals surface area contributed by atoms with Crippen LogP contribution in [0.3, 0.4) is 0 Å². The van der Waals surface area contributed by atoms with Gasteiger partial charge in [0, 0.05) is 5.56 Å². The van der Waals surface area contributed by atoms with E-state index in [1.165, 1.54) is 11.3 Å². The van der Waals surface area contributed by atoms with E-state index in [0.717, 1.165) is 17.0 Å². The molecule has 2 aromatic rings. The van der Waals surface area contributed by atoms with Gasteiger partial charge in [-0.05, 0) is 25.1 Å². The molecule has 1 heterocycles. The zero-order valence-corrected chi connectivity index (χ0v) is 11.0. The Labute approximate surface area is 110 Å². The van der Waals surface area contributed by atoms with Crippen LogP contribution in [-0.4, -0.2) is 17.9 Å². The Balaban J connectivity index is 2.21. The first-order valence-corrected chi connectivity index (χ1v) is 6.36. The van der Waals surface area contributed by atoms with Crippen LogP contribution in [0, 0.1) is 6.92 Å². The summed E-state index contributed by atoms with van der Waals surface area (Å²) in [7, 11) is 1.61. The number of rotatable bonds is 4. The Kier molecular flexibility index (Phi) is 3.89. The van der Waals surface area contributed by atoms with Crippen LogP contribution in [-0.2, 0) is 0 Å². The van der Waals surface area contributed by atoms with Crippen molar-refractivity contribution in [2.45, 2.75) is 6.92 Å². The average molecular weight is 259 g/mol. The summed E-state index contributed by atoms with van der Waals surface area (Å²) < 4.78 is 5.22. The number of thiazole rings is 1. The summed E-state index contributed by atoms with van der Waals surface area (Å²) in [6, 6.07) is 7.57. The zero-order valence-electron chi connectivity index (χ0n) is 10.2. The third-order valence-electron chi connectivity index (χ3n) is 2.52. The first-order valence-electron chi connectivity index (χ1n) is 5.48. The Morgan fingerprint density at radius 3 is 2.83 bits per heavy atom. The molecule has 0 amide bonds. The number of carbonyl (C=O) groups excluding carboxylic acids is 1. The molecular formula is C14H13NO2S. The molecule has 4 heteroatoms. The monoisotopic (exact) mass is 259 g/mol. The van der Waals surface area contributed by atoms with Crippen molar-refractivity contribution < 1.29 is 9.53 Å². The van der Waals surface area contributed by atoms with E-state index < -0.39 is 0 Å². The SMILES string of the molecule is COc1ccccc1/C=C/C(=O)c1scnc1C. The number of aromatic nitrogens is 1. The number of nitrogens with zero attached hydrogens (tertiary/aromatic N) is 1. The maximum atomic E-state index is 11.9. The van der Waals surface area contributed by atoms with Crippen LogP contribution in [0.2, 0.25) is 0 Å². The Morgan fingerprint density at radius 2 is 2.17 bits per heavy atom. The second-order valence-corrected chi connectivity index (χ2v) is 4.56. The minimum Gasteiger partial charge on any atom is -0.496 e. The van der Waals surface area contributed by atoms with Crippen LogP contribution in [0.15, 0.2) is 35.9 Å². The van der Waals surface area contributed by atoms with Crippen LogP contribution in [0.4, 0.5) is 0 Å². The molecule has 0 atom stereocenters. The number of benzene rings is 1. The standard InChI is InChI=1S/C14H13NO2S/c1-10-14(18-9-15-10)12(16)8-7-11-5-3-4-6-13(11)17-2/h3-9H,1-2H3/b8-7+. The molecule has 92 valence electrons. The van der Waals surface area contributed by atoms with E-state index in [2.05, 4.69) is 4.98 Å². The summed E-state index contributed by atoms with van der Waals surface area (Å²) in [5.41, 5.74) is 3.34. The Morgan fingerprint density at radius 1 is 1.39 bits per heavy atom. The summed E-state index contributed by atoms with van der Waals surface area (Å²) >= 11 is 1.36. The van der Waals surface area contributed by atoms with Gasteiger partial charge in [0.1, 0.15) is 5.75 Å². The van der Waals surface area contributed by atoms with Crippen molar-refractivity contribution in [2.75, 3.05) is 7.11 Å². The highest BCUT2D eigenvalue weighted by Gasteiger charge is 2.08. The molecule has 0 saturated carbocycles. The average Bonchev–Trinajstić information content (AvgIpc) is 2.82. The van der Waals surface area contributed by atoms with Gasteiger partial charge in [0.05, 0.1) is 23.2 Å². The number of hydrogen-bond acceptors (Lipinski definition) is 4. The maximum Gasteiger partial charge on any atom is 0.197 e. The Bertz CT molecular complexity index is 587. The van der Waals surface area contributed by atoms with Gasteiger partial charge in [-0.1, -0.05) is 18.2 Å². The van der Waals surface area contributed by atoms with Crippen molar-refractivity contribution in [3.63, 3.8) is 0 Å². The minimum atomic E-state index is -0.0269. The van der Waals surface area contributed by atoms with E-state index in [1.807, 2.05) is 31.2 Å². The second-order valence-electron chi connectivity index (χ2n) is 3.71. The molecular weight excluding hydrogens is 246 g/mol. The number of carbonyl (C=O) groups is 1. The lowest BCUT2D eigenvalue weighted by Crippen LogP contribution is -1.93. The normalized spacial score (nSPS) is 10.8. The molecule has 0 aliphatic rings. The molecule has 0 unspecified atom stereocenters. The van der Waals surface area contributed by atoms with Crippen molar-refractivity contribution >= 4 is 23.2 Å². The van der Waals surface area contributed by atoms with Gasteiger partial charge in [-0.25, -0.2) is 4.98 Å². The molecule has 0 N–H and O–H groups in total. The smallest absolute Gasteiger partial charge is 0.197 e. The third-order valence-corrected chi connectivity index (χ3v) is 3.47. The first-order chi connectivity index (χ1) is 8.72. The number of ether oxygens (including phenoxy) is 1. The van der Waals surface area contributed by atoms with E-state index in [4.69, 9.17) is 4.74 Å². The van der Waals surface area contributed by atoms with Gasteiger partial charge in [0.15, 0.2) is 5.78 Å². The number of ketones is 1. The highest BCUT2D eigenvalue weighted by Crippen LogP contribution is 2.20. The van der Waals surface area contributed by atoms with Crippen molar-refractivity contribution in [1.29, 1.82) is 0 Å². The van der Waals surface area contributed by atoms with E-state index in [1.54, 1.807) is 24.8 Å². The van der Waals surface area contributed by atoms with Gasteiger partial charge >= 0.3 is 0 Å². The molecule has 0 radical (unpaired) electrons. The predicted molar refractivity (Wildman–Crippen MR) is 73.2 cm³/mol. The van der Waals surface area contributed by atoms with Crippen molar-refractivity contribution in [3.8, 4) is 5.75 Å². The number of allylic oxidation sites excluding steroid dienone is 1. The van der Waals surface area contributed by atoms with Crippen LogP contribution in [0.1, 0.15) is 20.9 Å². The second kappa shape index (κ2) is 5.60. The van der Waals surface area contributed by atoms with Crippen LogP contribution in [0.25, 0.3) is 6.08 Å². The molecule has 0 bridgehead atoms. The van der Waals surface area contributed by atoms with Crippen LogP contribution in [0.5, 0.6) is 5.75 Å². The summed E-state index contributed by atoms with van der Waals surface area (Å²) in [5, 5.41) is 0. The number of hydrogen-bond donors (Lipinski definition) is 0. The van der Waals surface area contributed by atoms with Gasteiger partial charge in [-0.3, -0.25) is 4.79 Å². The van der Waals surface area contributed by atoms with Crippen molar-refractivity contribution in [2.24, 2.45) is 0 Å². The van der Waals surface area contributed by atoms with Crippen LogP contribution < -0.4 is 4.74 Å². The highest BCUT2D eigenvalue weighted by atomic mass is 32.1. The summed E-state index contributed by atoms with van der Waals surface area (Å²) in [6.45, 7) is 1.83. The van der Waals surface area contributed by atoms with Gasteiger partial charge in [0.25, 0.3) is 0 Å². The molecule has 0 saturated heterocycles. The van der Waals surface area contributed by atoms with Gasteiger partial charge in [-0.15, -0.1) is 11.3 Å². The molecule has 1 aromatic carbocycles. The molecule has 3 nitrogen and oxygen atoms in total. The summed E-state index contributed by atoms with van der Waals surface area (Å²) in [4.78, 5) is 16.7. The highest BCUT2D eigenvalue weighted by molar-refractivity contribution is 7.12. The Hall–Kier alpha value is -1.94. The lowest BCUT2D eigenvalue weighted by atomic mass is 10.1. The first kappa shape index (κ1) is 12.5. The fourth-order valence-corrected chi connectivity index (χ4v) is 2.31. The van der Waals surface area contributed by atoms with E-state index in [-0.39, 0.29) is 5.78 Å². The molecule has 0 aliphatic heterocycles. The molecule has 18 heavy (non-hydrogen) atoms. The minimum absolute atomic E-state index is 0.0269. The van der Waals surface area contributed by atoms with Gasteiger partial charge in [0.2, 0.25) is 0 Å². The third kappa shape index (κ3) is 2.65. The molecule has 0 spiro atoms. The van der Waals surface area contributed by atoms with Crippen molar-refractivity contribution in [3.05, 3.63) is 52.0 Å². The molecule has 1 aromatic heterocycles. The molecule has 0 aliphatic carbocycles. The van der Waals surface area contributed by atoms with Crippen molar-refractivity contribution in [1.82, 2.24) is 4.98 Å². The van der Waals surface area contributed by atoms with Gasteiger partial charge < -0.3 is 4.74 Å². The molecule has 0 fully saturated rings. The zero-order chi connectivity index (χ0) is 13.0. The topological polar surface area (TPSA) is 39.2 Å². The fraction of sp³-hybridized carbons (Fsp3) is 0.143. The summed E-state index contributed by atoms with van der Waals surface area (Å²) in [5.74, 6) is 0.725. The lowest BCUT2D eigenvalue weighted by molar-refractivity contribution is 0.105. The number of para-hydroxylation sites is 1. The predicted octanol–water partition coefficient (Wildman–Crippen LogP) is 3.36. The summed E-state index contributed by atoms with van der Waals surface area (Å²) in [6.07, 6.45) is 3.32.